The molecule has 0 bridgehead atoms. The fraction of sp³-hybridized carbons (Fsp3) is 0.312. The minimum Gasteiger partial charge on any atom is -0.356 e. The normalized spacial score (nSPS) is 11.7. The van der Waals surface area contributed by atoms with Crippen LogP contribution in [0.25, 0.3) is 0 Å². The minimum absolute atomic E-state index is 0.318. The molecule has 0 unspecified atom stereocenters. The van der Waals surface area contributed by atoms with Gasteiger partial charge in [0.05, 0.1) is 11.6 Å². The molecular weight excluding hydrogens is 357 g/mol. The zero-order valence-corrected chi connectivity index (χ0v) is 14.8. The maximum atomic E-state index is 13.6. The first-order chi connectivity index (χ1) is 11.4. The Bertz CT molecular complexity index is 744. The molecule has 0 aliphatic carbocycles. The number of hydrogen-bond acceptors (Lipinski definition) is 1. The lowest BCUT2D eigenvalue weighted by molar-refractivity contribution is 0.583. The van der Waals surface area contributed by atoms with E-state index < -0.39 is 11.6 Å². The van der Waals surface area contributed by atoms with Crippen molar-refractivity contribution >= 4 is 29.2 Å². The van der Waals surface area contributed by atoms with Crippen LogP contribution >= 0.6 is 23.2 Å². The van der Waals surface area contributed by atoms with Gasteiger partial charge in [-0.1, -0.05) is 23.2 Å². The number of benzene rings is 1. The van der Waals surface area contributed by atoms with E-state index >= 15 is 0 Å². The van der Waals surface area contributed by atoms with E-state index in [1.807, 2.05) is 7.05 Å². The predicted molar refractivity (Wildman–Crippen MR) is 93.7 cm³/mol. The molecule has 0 amide bonds. The standard InChI is InChI=1S/C16H18Cl2F2N4/c1-21-16(23-9-12-8-13(17)15(18)24(12)2)22-6-5-10-7-11(19)3-4-14(10)20/h3-4,7-8H,5-6,9H2,1-2H3,(H2,21,22,23). The zero-order chi connectivity index (χ0) is 17.7. The summed E-state index contributed by atoms with van der Waals surface area (Å²) in [5, 5.41) is 7.12. The van der Waals surface area contributed by atoms with Gasteiger partial charge in [-0.3, -0.25) is 4.99 Å². The first-order valence-corrected chi connectivity index (χ1v) is 8.06. The van der Waals surface area contributed by atoms with Crippen molar-refractivity contribution in [3.8, 4) is 0 Å². The number of aliphatic imine (C=N–C) groups is 1. The van der Waals surface area contributed by atoms with Crippen molar-refractivity contribution in [3.63, 3.8) is 0 Å². The molecule has 0 saturated heterocycles. The highest BCUT2D eigenvalue weighted by molar-refractivity contribution is 6.41. The quantitative estimate of drug-likeness (QED) is 0.620. The lowest BCUT2D eigenvalue weighted by atomic mass is 10.1. The number of aromatic nitrogens is 1. The van der Waals surface area contributed by atoms with Crippen LogP contribution < -0.4 is 10.6 Å². The maximum absolute atomic E-state index is 13.6. The Morgan fingerprint density at radius 3 is 2.58 bits per heavy atom. The maximum Gasteiger partial charge on any atom is 0.191 e. The Morgan fingerprint density at radius 1 is 1.21 bits per heavy atom. The molecule has 8 heteroatoms. The van der Waals surface area contributed by atoms with Crippen LogP contribution in [0.4, 0.5) is 8.78 Å². The van der Waals surface area contributed by atoms with Crippen LogP contribution in [-0.2, 0) is 20.0 Å². The number of nitrogens with one attached hydrogen (secondary N) is 2. The summed E-state index contributed by atoms with van der Waals surface area (Å²) >= 11 is 12.0. The Hall–Kier alpha value is -1.79. The molecule has 0 aliphatic heterocycles. The SMILES string of the molecule is CN=C(NCCc1cc(F)ccc1F)NCc1cc(Cl)c(Cl)n1C. The highest BCUT2D eigenvalue weighted by Gasteiger charge is 2.09. The second kappa shape index (κ2) is 8.35. The Morgan fingerprint density at radius 2 is 1.96 bits per heavy atom. The molecule has 0 aliphatic rings. The van der Waals surface area contributed by atoms with E-state index in [-0.39, 0.29) is 0 Å². The van der Waals surface area contributed by atoms with Gasteiger partial charge in [0.15, 0.2) is 5.96 Å². The highest BCUT2D eigenvalue weighted by Crippen LogP contribution is 2.24. The zero-order valence-electron chi connectivity index (χ0n) is 13.3. The van der Waals surface area contributed by atoms with E-state index in [4.69, 9.17) is 23.2 Å². The van der Waals surface area contributed by atoms with Crippen LogP contribution in [0, 0.1) is 11.6 Å². The van der Waals surface area contributed by atoms with E-state index in [0.717, 1.165) is 17.8 Å². The molecule has 2 rings (SSSR count). The summed E-state index contributed by atoms with van der Waals surface area (Å²) in [4.78, 5) is 4.08. The number of nitrogens with zero attached hydrogens (tertiary/aromatic N) is 2. The van der Waals surface area contributed by atoms with E-state index in [1.54, 1.807) is 17.7 Å². The number of guanidine groups is 1. The van der Waals surface area contributed by atoms with Crippen molar-refractivity contribution in [2.75, 3.05) is 13.6 Å². The smallest absolute Gasteiger partial charge is 0.191 e. The van der Waals surface area contributed by atoms with Crippen molar-refractivity contribution < 1.29 is 8.78 Å². The molecule has 0 fully saturated rings. The fourth-order valence-corrected chi connectivity index (χ4v) is 2.62. The minimum atomic E-state index is -0.452. The Kier molecular flexibility index (Phi) is 6.45. The highest BCUT2D eigenvalue weighted by atomic mass is 35.5. The molecule has 0 saturated carbocycles. The summed E-state index contributed by atoms with van der Waals surface area (Å²) in [5.41, 5.74) is 1.21. The Labute approximate surface area is 149 Å². The molecule has 4 nitrogen and oxygen atoms in total. The van der Waals surface area contributed by atoms with Crippen LogP contribution in [0.5, 0.6) is 0 Å². The van der Waals surface area contributed by atoms with Crippen molar-refractivity contribution in [1.82, 2.24) is 15.2 Å². The molecule has 1 aromatic carbocycles. The van der Waals surface area contributed by atoms with Gasteiger partial charge in [-0.15, -0.1) is 0 Å². The Balaban J connectivity index is 1.86. The third-order valence-corrected chi connectivity index (χ3v) is 4.41. The molecule has 130 valence electrons. The number of halogens is 4. The van der Waals surface area contributed by atoms with Gasteiger partial charge >= 0.3 is 0 Å². The summed E-state index contributed by atoms with van der Waals surface area (Å²) in [6, 6.07) is 5.19. The molecule has 2 N–H and O–H groups in total. The first-order valence-electron chi connectivity index (χ1n) is 7.30. The fourth-order valence-electron chi connectivity index (χ4n) is 2.20. The largest absolute Gasteiger partial charge is 0.356 e. The molecule has 0 radical (unpaired) electrons. The predicted octanol–water partition coefficient (Wildman–Crippen LogP) is 3.52. The first kappa shape index (κ1) is 18.5. The third kappa shape index (κ3) is 4.61. The average molecular weight is 375 g/mol. The molecule has 2 aromatic rings. The number of hydrogen-bond donors (Lipinski definition) is 2. The molecule has 0 atom stereocenters. The molecule has 24 heavy (non-hydrogen) atoms. The second-order valence-electron chi connectivity index (χ2n) is 5.17. The van der Waals surface area contributed by atoms with Crippen molar-refractivity contribution in [2.24, 2.45) is 12.0 Å². The summed E-state index contributed by atoms with van der Waals surface area (Å²) in [5.74, 6) is -0.333. The number of rotatable bonds is 5. The van der Waals surface area contributed by atoms with Crippen LogP contribution in [0.3, 0.4) is 0 Å². The summed E-state index contributed by atoms with van der Waals surface area (Å²) in [6.07, 6.45) is 0.339. The van der Waals surface area contributed by atoms with Gasteiger partial charge in [-0.25, -0.2) is 8.78 Å². The van der Waals surface area contributed by atoms with Gasteiger partial charge in [0, 0.05) is 26.3 Å². The van der Waals surface area contributed by atoms with Crippen LogP contribution in [-0.4, -0.2) is 24.1 Å². The summed E-state index contributed by atoms with van der Waals surface area (Å²) in [6.45, 7) is 0.881. The van der Waals surface area contributed by atoms with Crippen LogP contribution in [0.15, 0.2) is 29.3 Å². The lowest BCUT2D eigenvalue weighted by Crippen LogP contribution is -2.38. The van der Waals surface area contributed by atoms with E-state index in [9.17, 15) is 8.78 Å². The van der Waals surface area contributed by atoms with Crippen molar-refractivity contribution in [2.45, 2.75) is 13.0 Å². The monoisotopic (exact) mass is 374 g/mol. The van der Waals surface area contributed by atoms with Crippen LogP contribution in [0.1, 0.15) is 11.3 Å². The van der Waals surface area contributed by atoms with Gasteiger partial charge in [0.2, 0.25) is 0 Å². The second-order valence-corrected chi connectivity index (χ2v) is 5.94. The van der Waals surface area contributed by atoms with Crippen LogP contribution in [0.2, 0.25) is 10.2 Å². The van der Waals surface area contributed by atoms with E-state index in [1.165, 1.54) is 6.07 Å². The van der Waals surface area contributed by atoms with Crippen molar-refractivity contribution in [1.29, 1.82) is 0 Å². The lowest BCUT2D eigenvalue weighted by Gasteiger charge is -2.12. The third-order valence-electron chi connectivity index (χ3n) is 3.57. The van der Waals surface area contributed by atoms with Gasteiger partial charge in [-0.2, -0.15) is 0 Å². The van der Waals surface area contributed by atoms with Crippen molar-refractivity contribution in [3.05, 3.63) is 57.3 Å². The molecule has 1 heterocycles. The average Bonchev–Trinajstić information content (AvgIpc) is 2.81. The molecular formula is C16H18Cl2F2N4. The van der Waals surface area contributed by atoms with E-state index in [2.05, 4.69) is 15.6 Å². The summed E-state index contributed by atoms with van der Waals surface area (Å²) < 4.78 is 28.5. The summed E-state index contributed by atoms with van der Waals surface area (Å²) in [7, 11) is 3.44. The van der Waals surface area contributed by atoms with E-state index in [0.29, 0.717) is 41.2 Å². The topological polar surface area (TPSA) is 41.4 Å². The van der Waals surface area contributed by atoms with Gasteiger partial charge < -0.3 is 15.2 Å². The molecule has 0 spiro atoms. The van der Waals surface area contributed by atoms with Gasteiger partial charge in [-0.05, 0) is 36.2 Å². The molecule has 1 aromatic heterocycles. The van der Waals surface area contributed by atoms with Gasteiger partial charge in [0.1, 0.15) is 16.8 Å². The van der Waals surface area contributed by atoms with Gasteiger partial charge in [0.25, 0.3) is 0 Å².